The second-order valence-electron chi connectivity index (χ2n) is 3.94. The van der Waals surface area contributed by atoms with Crippen molar-refractivity contribution in [2.75, 3.05) is 12.8 Å². The first kappa shape index (κ1) is 17.8. The molecule has 0 aliphatic carbocycles. The van der Waals surface area contributed by atoms with E-state index in [0.29, 0.717) is 19.4 Å². The number of carboxylic acids is 1. The highest BCUT2D eigenvalue weighted by molar-refractivity contribution is 7.51. The van der Waals surface area contributed by atoms with Crippen LogP contribution in [0.4, 0.5) is 0 Å². The molecule has 11 heteroatoms. The van der Waals surface area contributed by atoms with Crippen LogP contribution < -0.4 is 11.1 Å². The van der Waals surface area contributed by atoms with Crippen LogP contribution in [0.25, 0.3) is 0 Å². The lowest BCUT2D eigenvalue weighted by Crippen LogP contribution is -2.39. The minimum absolute atomic E-state index is 0.0193. The fourth-order valence-electron chi connectivity index (χ4n) is 1.37. The summed E-state index contributed by atoms with van der Waals surface area (Å²) in [5, 5.41) is 27.8. The molecular weight excluding hydrogens is 279 g/mol. The standard InChI is InChI=1S/C8H19N4O6P/c9-8(10)11-4-2-1-3-6(7(13)14)12(15)5-19(16,17)18/h6,15H,1-5H2,(H,13,14)(H4,9,10,11)(H2,16,17,18). The third kappa shape index (κ3) is 9.40. The van der Waals surface area contributed by atoms with Crippen LogP contribution in [0.3, 0.4) is 0 Å². The zero-order valence-electron chi connectivity index (χ0n) is 10.2. The number of guanidine groups is 1. The number of hydrogen-bond acceptors (Lipinski definition) is 5. The number of nitrogens with one attached hydrogen (secondary N) is 2. The molecule has 0 bridgehead atoms. The molecule has 0 heterocycles. The lowest BCUT2D eigenvalue weighted by atomic mass is 10.1. The van der Waals surface area contributed by atoms with E-state index < -0.39 is 25.9 Å². The van der Waals surface area contributed by atoms with Crippen LogP contribution in [0.1, 0.15) is 19.3 Å². The van der Waals surface area contributed by atoms with Crippen LogP contribution in [-0.2, 0) is 9.36 Å². The summed E-state index contributed by atoms with van der Waals surface area (Å²) in [6.07, 6.45) is -0.121. The van der Waals surface area contributed by atoms with Gasteiger partial charge in [0.05, 0.1) is 0 Å². The summed E-state index contributed by atoms with van der Waals surface area (Å²) < 4.78 is 10.7. The Morgan fingerprint density at radius 2 is 2.00 bits per heavy atom. The van der Waals surface area contributed by atoms with Crippen molar-refractivity contribution < 1.29 is 29.5 Å². The van der Waals surface area contributed by atoms with Gasteiger partial charge in [-0.25, -0.2) is 0 Å². The van der Waals surface area contributed by atoms with Crippen LogP contribution in [-0.4, -0.2) is 56.0 Å². The minimum Gasteiger partial charge on any atom is -0.480 e. The molecule has 1 atom stereocenters. The van der Waals surface area contributed by atoms with Gasteiger partial charge in [-0.3, -0.25) is 14.8 Å². The number of hydroxylamine groups is 2. The molecule has 10 nitrogen and oxygen atoms in total. The first-order valence-corrected chi connectivity index (χ1v) is 7.24. The lowest BCUT2D eigenvalue weighted by molar-refractivity contribution is -0.166. The van der Waals surface area contributed by atoms with Crippen molar-refractivity contribution in [2.24, 2.45) is 5.73 Å². The van der Waals surface area contributed by atoms with Gasteiger partial charge in [0, 0.05) is 6.54 Å². The van der Waals surface area contributed by atoms with E-state index in [2.05, 4.69) is 5.32 Å². The highest BCUT2D eigenvalue weighted by Crippen LogP contribution is 2.35. The molecule has 0 spiro atoms. The van der Waals surface area contributed by atoms with E-state index in [4.69, 9.17) is 26.0 Å². The van der Waals surface area contributed by atoms with Crippen molar-refractivity contribution >= 4 is 19.5 Å². The Balaban J connectivity index is 4.16. The molecule has 112 valence electrons. The molecule has 0 radical (unpaired) electrons. The highest BCUT2D eigenvalue weighted by atomic mass is 31.2. The quantitative estimate of drug-likeness (QED) is 0.0915. The van der Waals surface area contributed by atoms with Crippen LogP contribution in [0.2, 0.25) is 0 Å². The zero-order valence-corrected chi connectivity index (χ0v) is 11.1. The highest BCUT2D eigenvalue weighted by Gasteiger charge is 2.29. The average molecular weight is 298 g/mol. The van der Waals surface area contributed by atoms with Gasteiger partial charge in [0.1, 0.15) is 12.3 Å². The minimum atomic E-state index is -4.52. The molecule has 0 fully saturated rings. The number of aliphatic carboxylic acids is 1. The van der Waals surface area contributed by atoms with E-state index in [1.54, 1.807) is 0 Å². The second kappa shape index (κ2) is 8.08. The summed E-state index contributed by atoms with van der Waals surface area (Å²) in [5.41, 5.74) is 5.04. The van der Waals surface area contributed by atoms with Gasteiger partial charge in [-0.2, -0.15) is 5.06 Å². The van der Waals surface area contributed by atoms with Crippen LogP contribution in [0.15, 0.2) is 0 Å². The van der Waals surface area contributed by atoms with Crippen LogP contribution in [0.5, 0.6) is 0 Å². The molecule has 1 unspecified atom stereocenters. The van der Waals surface area contributed by atoms with Gasteiger partial charge in [-0.05, 0) is 19.3 Å². The van der Waals surface area contributed by atoms with Gasteiger partial charge >= 0.3 is 13.6 Å². The number of nitrogens with zero attached hydrogens (tertiary/aromatic N) is 1. The molecule has 0 amide bonds. The summed E-state index contributed by atoms with van der Waals surface area (Å²) in [4.78, 5) is 28.2. The molecule has 19 heavy (non-hydrogen) atoms. The Hall–Kier alpha value is -1.19. The maximum absolute atomic E-state index is 10.9. The van der Waals surface area contributed by atoms with Gasteiger partial charge in [0.25, 0.3) is 0 Å². The molecule has 8 N–H and O–H groups in total. The molecule has 0 aromatic rings. The normalized spacial score (nSPS) is 13.3. The molecule has 0 aromatic carbocycles. The molecule has 0 saturated carbocycles. The smallest absolute Gasteiger partial charge is 0.341 e. The van der Waals surface area contributed by atoms with Gasteiger partial charge in [0.15, 0.2) is 5.96 Å². The average Bonchev–Trinajstić information content (AvgIpc) is 2.19. The summed E-state index contributed by atoms with van der Waals surface area (Å²) in [5.74, 6) is -1.56. The predicted molar refractivity (Wildman–Crippen MR) is 65.7 cm³/mol. The van der Waals surface area contributed by atoms with Gasteiger partial charge in [0.2, 0.25) is 0 Å². The maximum atomic E-state index is 10.9. The molecule has 0 aromatic heterocycles. The number of rotatable bonds is 9. The number of hydrogen-bond donors (Lipinski definition) is 7. The van der Waals surface area contributed by atoms with E-state index in [1.165, 1.54) is 0 Å². The first-order chi connectivity index (χ1) is 8.63. The first-order valence-electron chi connectivity index (χ1n) is 5.44. The van der Waals surface area contributed by atoms with Gasteiger partial charge in [-0.1, -0.05) is 0 Å². The summed E-state index contributed by atoms with van der Waals surface area (Å²) >= 11 is 0. The summed E-state index contributed by atoms with van der Waals surface area (Å²) in [6, 6.07) is -1.38. The SMILES string of the molecule is N=C(N)NCCCCC(C(=O)O)N(O)CP(=O)(O)O. The molecule has 0 aliphatic heterocycles. The van der Waals surface area contributed by atoms with E-state index in [-0.39, 0.29) is 17.4 Å². The molecule has 0 rings (SSSR count). The monoisotopic (exact) mass is 298 g/mol. The molecular formula is C8H19N4O6P. The van der Waals surface area contributed by atoms with Crippen molar-refractivity contribution in [1.82, 2.24) is 10.4 Å². The van der Waals surface area contributed by atoms with E-state index in [0.717, 1.165) is 0 Å². The van der Waals surface area contributed by atoms with Gasteiger partial charge in [-0.15, -0.1) is 0 Å². The van der Waals surface area contributed by atoms with Crippen molar-refractivity contribution in [2.45, 2.75) is 25.3 Å². The van der Waals surface area contributed by atoms with Crippen molar-refractivity contribution in [3.8, 4) is 0 Å². The van der Waals surface area contributed by atoms with E-state index in [1.807, 2.05) is 0 Å². The predicted octanol–water partition coefficient (Wildman–Crippen LogP) is -1.08. The Bertz CT molecular complexity index is 359. The van der Waals surface area contributed by atoms with Crippen molar-refractivity contribution in [1.29, 1.82) is 5.41 Å². The maximum Gasteiger partial charge on any atom is 0.341 e. The Morgan fingerprint density at radius 3 is 2.42 bits per heavy atom. The second-order valence-corrected chi connectivity index (χ2v) is 5.55. The topological polar surface area (TPSA) is 180 Å². The molecule has 0 saturated heterocycles. The fourth-order valence-corrected chi connectivity index (χ4v) is 1.95. The summed E-state index contributed by atoms with van der Waals surface area (Å²) in [7, 11) is -4.52. The Kier molecular flexibility index (Phi) is 7.57. The third-order valence-electron chi connectivity index (χ3n) is 2.19. The zero-order chi connectivity index (χ0) is 15.1. The number of carbonyl (C=O) groups is 1. The van der Waals surface area contributed by atoms with Crippen LogP contribution in [0, 0.1) is 5.41 Å². The largest absolute Gasteiger partial charge is 0.480 e. The number of nitrogens with two attached hydrogens (primary N) is 1. The lowest BCUT2D eigenvalue weighted by Gasteiger charge is -2.22. The Labute approximate surface area is 109 Å². The van der Waals surface area contributed by atoms with Crippen molar-refractivity contribution in [3.05, 3.63) is 0 Å². The Morgan fingerprint density at radius 1 is 1.42 bits per heavy atom. The fraction of sp³-hybridized carbons (Fsp3) is 0.750. The van der Waals surface area contributed by atoms with E-state index in [9.17, 15) is 14.6 Å². The van der Waals surface area contributed by atoms with Crippen molar-refractivity contribution in [3.63, 3.8) is 0 Å². The number of carboxylic acid groups (broad SMARTS) is 1. The summed E-state index contributed by atoms with van der Waals surface area (Å²) in [6.45, 7) is 0.381. The number of unbranched alkanes of at least 4 members (excludes halogenated alkanes) is 1. The van der Waals surface area contributed by atoms with E-state index >= 15 is 0 Å². The molecule has 0 aliphatic rings. The van der Waals surface area contributed by atoms with Crippen LogP contribution >= 0.6 is 7.60 Å². The third-order valence-corrected chi connectivity index (χ3v) is 2.85. The van der Waals surface area contributed by atoms with Gasteiger partial charge < -0.3 is 31.2 Å².